The van der Waals surface area contributed by atoms with Crippen molar-refractivity contribution in [3.63, 3.8) is 0 Å². The molecule has 1 saturated heterocycles. The Labute approximate surface area is 129 Å². The number of carboxylic acid groups (broad SMARTS) is 1. The molecule has 1 atom stereocenters. The molecule has 22 heavy (non-hydrogen) atoms. The van der Waals surface area contributed by atoms with Gasteiger partial charge in [-0.2, -0.15) is 0 Å². The molecule has 2 aliphatic rings. The highest BCUT2D eigenvalue weighted by molar-refractivity contribution is 5.96. The van der Waals surface area contributed by atoms with E-state index in [1.165, 1.54) is 4.90 Å². The van der Waals surface area contributed by atoms with Crippen molar-refractivity contribution in [2.45, 2.75) is 37.6 Å². The minimum atomic E-state index is -0.958. The van der Waals surface area contributed by atoms with Crippen LogP contribution in [0.25, 0.3) is 0 Å². The standard InChI is InChI=1S/C17H21NO4/c19-16(20)10-18(15-5-2-6-15)17(21)13-4-1-3-12(9-13)14-7-8-22-11-14/h1,3-4,9,14-15H,2,5-8,10-11H2,(H,19,20). The molecule has 1 aromatic rings. The Morgan fingerprint density at radius 1 is 1.27 bits per heavy atom. The number of hydrogen-bond acceptors (Lipinski definition) is 3. The fourth-order valence-corrected chi connectivity index (χ4v) is 3.10. The zero-order valence-corrected chi connectivity index (χ0v) is 12.5. The predicted octanol–water partition coefficient (Wildman–Crippen LogP) is 2.27. The van der Waals surface area contributed by atoms with Crippen molar-refractivity contribution in [1.29, 1.82) is 0 Å². The number of amides is 1. The lowest BCUT2D eigenvalue weighted by Crippen LogP contribution is -2.46. The Balaban J connectivity index is 1.79. The van der Waals surface area contributed by atoms with E-state index in [0.29, 0.717) is 18.1 Å². The summed E-state index contributed by atoms with van der Waals surface area (Å²) >= 11 is 0. The molecule has 1 N–H and O–H groups in total. The average Bonchev–Trinajstić information content (AvgIpc) is 2.98. The first-order valence-corrected chi connectivity index (χ1v) is 7.85. The van der Waals surface area contributed by atoms with Gasteiger partial charge in [0.05, 0.1) is 6.61 Å². The largest absolute Gasteiger partial charge is 0.480 e. The minimum absolute atomic E-state index is 0.0714. The van der Waals surface area contributed by atoms with Gasteiger partial charge in [0.2, 0.25) is 0 Å². The fourth-order valence-electron chi connectivity index (χ4n) is 3.10. The number of rotatable bonds is 5. The quantitative estimate of drug-likeness (QED) is 0.906. The smallest absolute Gasteiger partial charge is 0.323 e. The van der Waals surface area contributed by atoms with Gasteiger partial charge in [-0.25, -0.2) is 0 Å². The number of carboxylic acids is 1. The van der Waals surface area contributed by atoms with E-state index in [4.69, 9.17) is 9.84 Å². The lowest BCUT2D eigenvalue weighted by Gasteiger charge is -2.36. The fraction of sp³-hybridized carbons (Fsp3) is 0.529. The molecule has 1 unspecified atom stereocenters. The zero-order chi connectivity index (χ0) is 15.5. The first-order valence-electron chi connectivity index (χ1n) is 7.85. The molecule has 1 aliphatic carbocycles. The SMILES string of the molecule is O=C(O)CN(C(=O)c1cccc(C2CCOC2)c1)C1CCC1. The third kappa shape index (κ3) is 3.14. The summed E-state index contributed by atoms with van der Waals surface area (Å²) in [5, 5.41) is 9.06. The first kappa shape index (κ1) is 15.0. The third-order valence-corrected chi connectivity index (χ3v) is 4.62. The highest BCUT2D eigenvalue weighted by Crippen LogP contribution is 2.28. The molecular formula is C17H21NO4. The van der Waals surface area contributed by atoms with E-state index in [-0.39, 0.29) is 18.5 Å². The molecule has 0 aromatic heterocycles. The number of benzene rings is 1. The average molecular weight is 303 g/mol. The second-order valence-electron chi connectivity index (χ2n) is 6.10. The molecule has 5 heteroatoms. The lowest BCUT2D eigenvalue weighted by molar-refractivity contribution is -0.138. The first-order chi connectivity index (χ1) is 10.6. The maximum Gasteiger partial charge on any atom is 0.323 e. The van der Waals surface area contributed by atoms with E-state index < -0.39 is 5.97 Å². The molecule has 0 spiro atoms. The minimum Gasteiger partial charge on any atom is -0.480 e. The van der Waals surface area contributed by atoms with Gasteiger partial charge in [0, 0.05) is 24.1 Å². The Morgan fingerprint density at radius 3 is 2.68 bits per heavy atom. The van der Waals surface area contributed by atoms with E-state index in [1.54, 1.807) is 6.07 Å². The summed E-state index contributed by atoms with van der Waals surface area (Å²) in [7, 11) is 0. The highest BCUT2D eigenvalue weighted by Gasteiger charge is 2.31. The van der Waals surface area contributed by atoms with Crippen LogP contribution >= 0.6 is 0 Å². The number of carbonyl (C=O) groups is 2. The maximum absolute atomic E-state index is 12.7. The van der Waals surface area contributed by atoms with Crippen LogP contribution in [0, 0.1) is 0 Å². The number of ether oxygens (including phenoxy) is 1. The van der Waals surface area contributed by atoms with Crippen molar-refractivity contribution in [2.75, 3.05) is 19.8 Å². The van der Waals surface area contributed by atoms with Crippen LogP contribution in [0.15, 0.2) is 24.3 Å². The Hall–Kier alpha value is -1.88. The van der Waals surface area contributed by atoms with E-state index in [9.17, 15) is 9.59 Å². The second kappa shape index (κ2) is 6.48. The molecule has 118 valence electrons. The molecule has 0 radical (unpaired) electrons. The van der Waals surface area contributed by atoms with Crippen molar-refractivity contribution in [1.82, 2.24) is 4.90 Å². The van der Waals surface area contributed by atoms with Crippen LogP contribution in [0.5, 0.6) is 0 Å². The van der Waals surface area contributed by atoms with Gasteiger partial charge in [-0.3, -0.25) is 9.59 Å². The van der Waals surface area contributed by atoms with Gasteiger partial charge in [-0.05, 0) is 43.4 Å². The summed E-state index contributed by atoms with van der Waals surface area (Å²) < 4.78 is 5.40. The van der Waals surface area contributed by atoms with Crippen molar-refractivity contribution in [3.05, 3.63) is 35.4 Å². The summed E-state index contributed by atoms with van der Waals surface area (Å²) in [6, 6.07) is 7.63. The number of carbonyl (C=O) groups excluding carboxylic acids is 1. The molecule has 1 saturated carbocycles. The van der Waals surface area contributed by atoms with Gasteiger partial charge < -0.3 is 14.7 Å². The normalized spacial score (nSPS) is 21.4. The van der Waals surface area contributed by atoms with Crippen LogP contribution in [0.1, 0.15) is 47.5 Å². The summed E-state index contributed by atoms with van der Waals surface area (Å²) in [6.07, 6.45) is 3.83. The predicted molar refractivity (Wildman–Crippen MR) is 80.9 cm³/mol. The molecule has 1 heterocycles. The molecule has 1 aromatic carbocycles. The van der Waals surface area contributed by atoms with E-state index >= 15 is 0 Å². The molecule has 2 fully saturated rings. The topological polar surface area (TPSA) is 66.8 Å². The third-order valence-electron chi connectivity index (χ3n) is 4.62. The summed E-state index contributed by atoms with van der Waals surface area (Å²) in [6.45, 7) is 1.23. The van der Waals surface area contributed by atoms with Crippen LogP contribution in [-0.2, 0) is 9.53 Å². The Bertz CT molecular complexity index is 562. The van der Waals surface area contributed by atoms with Gasteiger partial charge in [0.15, 0.2) is 0 Å². The van der Waals surface area contributed by atoms with Crippen molar-refractivity contribution in [2.24, 2.45) is 0 Å². The molecule has 0 bridgehead atoms. The second-order valence-corrected chi connectivity index (χ2v) is 6.10. The van der Waals surface area contributed by atoms with Crippen LogP contribution < -0.4 is 0 Å². The summed E-state index contributed by atoms with van der Waals surface area (Å²) in [4.78, 5) is 25.3. The Kier molecular flexibility index (Phi) is 4.43. The Morgan fingerprint density at radius 2 is 2.09 bits per heavy atom. The van der Waals surface area contributed by atoms with Gasteiger partial charge in [0.1, 0.15) is 6.54 Å². The molecule has 5 nitrogen and oxygen atoms in total. The van der Waals surface area contributed by atoms with Crippen molar-refractivity contribution < 1.29 is 19.4 Å². The molecular weight excluding hydrogens is 282 g/mol. The van der Waals surface area contributed by atoms with E-state index in [1.807, 2.05) is 18.2 Å². The van der Waals surface area contributed by atoms with E-state index in [2.05, 4.69) is 0 Å². The lowest BCUT2D eigenvalue weighted by atomic mass is 9.90. The number of aliphatic carboxylic acids is 1. The monoisotopic (exact) mass is 303 g/mol. The van der Waals surface area contributed by atoms with Gasteiger partial charge >= 0.3 is 5.97 Å². The molecule has 1 amide bonds. The van der Waals surface area contributed by atoms with Crippen molar-refractivity contribution in [3.8, 4) is 0 Å². The number of hydrogen-bond donors (Lipinski definition) is 1. The van der Waals surface area contributed by atoms with Crippen LogP contribution in [-0.4, -0.2) is 47.7 Å². The van der Waals surface area contributed by atoms with Gasteiger partial charge in [-0.1, -0.05) is 12.1 Å². The van der Waals surface area contributed by atoms with Crippen LogP contribution in [0.4, 0.5) is 0 Å². The number of nitrogens with zero attached hydrogens (tertiary/aromatic N) is 1. The highest BCUT2D eigenvalue weighted by atomic mass is 16.5. The van der Waals surface area contributed by atoms with Crippen LogP contribution in [0.2, 0.25) is 0 Å². The van der Waals surface area contributed by atoms with Gasteiger partial charge in [-0.15, -0.1) is 0 Å². The summed E-state index contributed by atoms with van der Waals surface area (Å²) in [5.41, 5.74) is 1.68. The molecule has 3 rings (SSSR count). The summed E-state index contributed by atoms with van der Waals surface area (Å²) in [5.74, 6) is -0.794. The maximum atomic E-state index is 12.7. The van der Waals surface area contributed by atoms with Crippen molar-refractivity contribution >= 4 is 11.9 Å². The zero-order valence-electron chi connectivity index (χ0n) is 12.5. The van der Waals surface area contributed by atoms with Crippen LogP contribution in [0.3, 0.4) is 0 Å². The molecule has 1 aliphatic heterocycles. The van der Waals surface area contributed by atoms with Gasteiger partial charge in [0.25, 0.3) is 5.91 Å². The van der Waals surface area contributed by atoms with E-state index in [0.717, 1.165) is 37.9 Å².